The van der Waals surface area contributed by atoms with Crippen LogP contribution in [0.1, 0.15) is 27.0 Å². The van der Waals surface area contributed by atoms with Crippen LogP contribution in [0.3, 0.4) is 0 Å². The van der Waals surface area contributed by atoms with Crippen molar-refractivity contribution in [1.29, 1.82) is 0 Å². The number of benzene rings is 2. The average molecular weight is 439 g/mol. The molecule has 0 bridgehead atoms. The highest BCUT2D eigenvalue weighted by molar-refractivity contribution is 6.14. The van der Waals surface area contributed by atoms with Crippen molar-refractivity contribution in [2.24, 2.45) is 4.99 Å². The summed E-state index contributed by atoms with van der Waals surface area (Å²) in [7, 11) is 5.45. The van der Waals surface area contributed by atoms with Gasteiger partial charge in [-0.2, -0.15) is 0 Å². The van der Waals surface area contributed by atoms with E-state index in [1.165, 1.54) is 28.4 Å². The number of esters is 2. The van der Waals surface area contributed by atoms with E-state index in [1.807, 2.05) is 6.07 Å². The molecule has 2 aromatic rings. The summed E-state index contributed by atoms with van der Waals surface area (Å²) in [5.41, 5.74) is 2.66. The first-order valence-electron chi connectivity index (χ1n) is 9.64. The van der Waals surface area contributed by atoms with Gasteiger partial charge in [0.15, 0.2) is 23.0 Å². The van der Waals surface area contributed by atoms with E-state index in [9.17, 15) is 9.59 Å². The number of fused-ring (bicyclic) bond motifs is 2. The summed E-state index contributed by atoms with van der Waals surface area (Å²) in [5, 5.41) is 0. The number of rotatable bonds is 5. The smallest absolute Gasteiger partial charge is 0.356 e. The molecule has 2 aliphatic heterocycles. The maximum atomic E-state index is 12.7. The van der Waals surface area contributed by atoms with Gasteiger partial charge in [0.05, 0.1) is 34.2 Å². The first-order valence-corrected chi connectivity index (χ1v) is 9.64. The van der Waals surface area contributed by atoms with Gasteiger partial charge in [-0.05, 0) is 41.5 Å². The molecule has 0 amide bonds. The second-order valence-electron chi connectivity index (χ2n) is 6.88. The Balaban J connectivity index is 1.94. The molecule has 32 heavy (non-hydrogen) atoms. The first-order chi connectivity index (χ1) is 15.5. The topological polar surface area (TPSA) is 102 Å². The molecule has 9 nitrogen and oxygen atoms in total. The van der Waals surface area contributed by atoms with Crippen molar-refractivity contribution in [3.8, 4) is 23.0 Å². The SMILES string of the molecule is COC(=O)C1=Cc2cc3c(cc2CC(c2ccc(OC)c(OC)c2C(=O)OC)=N1)OCO3. The van der Waals surface area contributed by atoms with Crippen LogP contribution < -0.4 is 18.9 Å². The predicted octanol–water partition coefficient (Wildman–Crippen LogP) is 2.78. The molecule has 0 atom stereocenters. The van der Waals surface area contributed by atoms with Gasteiger partial charge in [0.1, 0.15) is 11.3 Å². The highest BCUT2D eigenvalue weighted by atomic mass is 16.7. The van der Waals surface area contributed by atoms with Crippen molar-refractivity contribution >= 4 is 23.7 Å². The minimum atomic E-state index is -0.628. The largest absolute Gasteiger partial charge is 0.493 e. The second kappa shape index (κ2) is 8.62. The summed E-state index contributed by atoms with van der Waals surface area (Å²) >= 11 is 0. The van der Waals surface area contributed by atoms with E-state index in [4.69, 9.17) is 28.4 Å². The van der Waals surface area contributed by atoms with Crippen LogP contribution in [0.15, 0.2) is 35.0 Å². The maximum Gasteiger partial charge on any atom is 0.356 e. The molecular weight excluding hydrogens is 418 g/mol. The summed E-state index contributed by atoms with van der Waals surface area (Å²) in [6.45, 7) is 0.120. The normalized spacial score (nSPS) is 13.9. The molecule has 9 heteroatoms. The van der Waals surface area contributed by atoms with Gasteiger partial charge in [0.2, 0.25) is 6.79 Å². The third kappa shape index (κ3) is 3.62. The zero-order valence-electron chi connectivity index (χ0n) is 18.0. The van der Waals surface area contributed by atoms with Gasteiger partial charge in [0.25, 0.3) is 0 Å². The van der Waals surface area contributed by atoms with Crippen LogP contribution >= 0.6 is 0 Å². The van der Waals surface area contributed by atoms with E-state index >= 15 is 0 Å². The van der Waals surface area contributed by atoms with Gasteiger partial charge in [-0.25, -0.2) is 14.6 Å². The van der Waals surface area contributed by atoms with Crippen LogP contribution in [0, 0.1) is 0 Å². The Bertz CT molecular complexity index is 1170. The van der Waals surface area contributed by atoms with E-state index in [1.54, 1.807) is 24.3 Å². The molecule has 0 aliphatic carbocycles. The quantitative estimate of drug-likeness (QED) is 0.656. The standard InChI is InChI=1S/C23H21NO8/c1-27-17-6-5-14(20(21(17)28-2)23(26)30-4)15-7-12-9-18-19(32-11-31-18)10-13(12)8-16(24-15)22(25)29-3/h5-6,8-10H,7,11H2,1-4H3. The molecule has 0 unspecified atom stereocenters. The lowest BCUT2D eigenvalue weighted by molar-refractivity contribution is -0.136. The van der Waals surface area contributed by atoms with Gasteiger partial charge < -0.3 is 28.4 Å². The van der Waals surface area contributed by atoms with Crippen LogP contribution in [0.25, 0.3) is 6.08 Å². The van der Waals surface area contributed by atoms with Crippen molar-refractivity contribution in [3.05, 3.63) is 52.2 Å². The lowest BCUT2D eigenvalue weighted by Crippen LogP contribution is -2.16. The van der Waals surface area contributed by atoms with E-state index in [-0.39, 0.29) is 23.8 Å². The number of nitrogens with zero attached hydrogens (tertiary/aromatic N) is 1. The Kier molecular flexibility index (Phi) is 5.72. The van der Waals surface area contributed by atoms with Crippen LogP contribution in [-0.2, 0) is 20.7 Å². The number of hydrogen-bond donors (Lipinski definition) is 0. The third-order valence-corrected chi connectivity index (χ3v) is 5.18. The Morgan fingerprint density at radius 2 is 1.66 bits per heavy atom. The molecule has 166 valence electrons. The summed E-state index contributed by atoms with van der Waals surface area (Å²) in [6.07, 6.45) is 1.91. The zero-order chi connectivity index (χ0) is 22.8. The fourth-order valence-corrected chi connectivity index (χ4v) is 3.67. The highest BCUT2D eigenvalue weighted by Crippen LogP contribution is 2.39. The molecule has 2 heterocycles. The van der Waals surface area contributed by atoms with Crippen LogP contribution in [-0.4, -0.2) is 52.9 Å². The minimum absolute atomic E-state index is 0.0747. The monoisotopic (exact) mass is 439 g/mol. The van der Waals surface area contributed by atoms with E-state index in [2.05, 4.69) is 4.99 Å². The molecule has 0 saturated carbocycles. The number of ether oxygens (including phenoxy) is 6. The van der Waals surface area contributed by atoms with E-state index < -0.39 is 11.9 Å². The van der Waals surface area contributed by atoms with Crippen LogP contribution in [0.4, 0.5) is 0 Å². The number of aliphatic imine (C=N–C) groups is 1. The molecule has 0 spiro atoms. The van der Waals surface area contributed by atoms with Crippen molar-refractivity contribution < 1.29 is 38.0 Å². The molecule has 2 aliphatic rings. The molecule has 2 aromatic carbocycles. The Morgan fingerprint density at radius 1 is 0.938 bits per heavy atom. The maximum absolute atomic E-state index is 12.7. The molecule has 0 saturated heterocycles. The summed E-state index contributed by atoms with van der Waals surface area (Å²) in [6, 6.07) is 6.97. The number of methoxy groups -OCH3 is 4. The minimum Gasteiger partial charge on any atom is -0.493 e. The Hall–Kier alpha value is -4.01. The van der Waals surface area contributed by atoms with E-state index in [0.717, 1.165) is 11.1 Å². The average Bonchev–Trinajstić information content (AvgIpc) is 3.19. The van der Waals surface area contributed by atoms with Crippen molar-refractivity contribution in [1.82, 2.24) is 0 Å². The molecule has 0 radical (unpaired) electrons. The van der Waals surface area contributed by atoms with Crippen molar-refractivity contribution in [3.63, 3.8) is 0 Å². The van der Waals surface area contributed by atoms with Gasteiger partial charge >= 0.3 is 11.9 Å². The molecule has 0 aromatic heterocycles. The van der Waals surface area contributed by atoms with Gasteiger partial charge in [0, 0.05) is 12.0 Å². The zero-order valence-corrected chi connectivity index (χ0v) is 18.0. The summed E-state index contributed by atoms with van der Waals surface area (Å²) < 4.78 is 31.7. The predicted molar refractivity (Wildman–Crippen MR) is 114 cm³/mol. The van der Waals surface area contributed by atoms with Crippen LogP contribution in [0.5, 0.6) is 23.0 Å². The van der Waals surface area contributed by atoms with Gasteiger partial charge in [-0.15, -0.1) is 0 Å². The first kappa shape index (κ1) is 21.2. The van der Waals surface area contributed by atoms with Crippen molar-refractivity contribution in [2.75, 3.05) is 35.2 Å². The molecule has 0 fully saturated rings. The summed E-state index contributed by atoms with van der Waals surface area (Å²) in [5.74, 6) is 0.495. The third-order valence-electron chi connectivity index (χ3n) is 5.18. The number of carbonyl (C=O) groups is 2. The fraction of sp³-hybridized carbons (Fsp3) is 0.261. The lowest BCUT2D eigenvalue weighted by atomic mass is 9.94. The molecule has 4 rings (SSSR count). The van der Waals surface area contributed by atoms with E-state index in [0.29, 0.717) is 34.9 Å². The summed E-state index contributed by atoms with van der Waals surface area (Å²) in [4.78, 5) is 29.7. The Morgan fingerprint density at radius 3 is 2.31 bits per heavy atom. The number of hydrogen-bond acceptors (Lipinski definition) is 9. The molecule has 0 N–H and O–H groups in total. The fourth-order valence-electron chi connectivity index (χ4n) is 3.67. The van der Waals surface area contributed by atoms with Crippen LogP contribution in [0.2, 0.25) is 0 Å². The van der Waals surface area contributed by atoms with Gasteiger partial charge in [-0.1, -0.05) is 0 Å². The number of carbonyl (C=O) groups excluding carboxylic acids is 2. The van der Waals surface area contributed by atoms with Crippen molar-refractivity contribution in [2.45, 2.75) is 6.42 Å². The molecular formula is C23H21NO8. The van der Waals surface area contributed by atoms with Gasteiger partial charge in [-0.3, -0.25) is 0 Å². The Labute approximate surface area is 184 Å². The lowest BCUT2D eigenvalue weighted by Gasteiger charge is -2.17. The second-order valence-corrected chi connectivity index (χ2v) is 6.88. The highest BCUT2D eigenvalue weighted by Gasteiger charge is 2.28.